The maximum absolute atomic E-state index is 13.2. The van der Waals surface area contributed by atoms with E-state index in [1.165, 1.54) is 4.90 Å². The molecule has 0 aliphatic carbocycles. The number of alkyl halides is 30. The molecule has 0 radical (unpaired) electrons. The van der Waals surface area contributed by atoms with E-state index in [2.05, 4.69) is 39.3 Å². The fraction of sp³-hybridized carbons (Fsp3) is 0.612. The van der Waals surface area contributed by atoms with Crippen molar-refractivity contribution >= 4 is 17.9 Å². The van der Waals surface area contributed by atoms with Crippen LogP contribution in [0.1, 0.15) is 255 Å². The summed E-state index contributed by atoms with van der Waals surface area (Å²) in [5.74, 6) is -1.47. The van der Waals surface area contributed by atoms with Crippen molar-refractivity contribution in [1.29, 1.82) is 0 Å². The van der Waals surface area contributed by atoms with E-state index < -0.39 is 159 Å². The standard InChI is InChI=1S/C22H31F6NO2.C16H19F6NO.C15H19F6N3O.2C15H21F6N3.2CH4.8ClH/c1-14(2)7-8-15(3)12-29(19(30)31-20(4,5)6)13-16-9-17(21(23,24)25)11-18(10-16)22(26,27)28;1-3-4-5-10(2)9-23-14(24)11-6-12(15(17,18)19)8-13(7-11)16(20,21)22;1-8(22)2-3-12(23)7-24-13(25)9-4-10(14(16,17)18)6-11(5-9)15(19,20)21;2*1-9(22)2-3-13(23)8-24-7-10-4-11(14(16,17)18)6-12(5-10)15(19,20)21;;;;;;;;;;/h9-11,14-15H,7-8,12-13H2,1-6H3;6-8,10H,3-5,9H2,1-2H3,(H,23,24);4-6,8,12H,2-3,7,22-23H2,1H3,(H,24,25);2*4-6,9,13,24H,2-3,7-8,22-23H2,1H3;2*1H4;8*1H/p-1/t15-;10-;8?,12-;2*9?,13-;;;;;;;;;;/m00000........../s1. The van der Waals surface area contributed by atoms with Gasteiger partial charge in [-0.05, 0) is 175 Å². The molecule has 0 aromatic heterocycles. The molecule has 15 nitrogen and oxygen atoms in total. The molecule has 0 aliphatic heterocycles. The Kier molecular flexibility index (Phi) is 73.2. The molecule has 0 bridgehead atoms. The average Bonchev–Trinajstić information content (AvgIpc) is 0.977. The van der Waals surface area contributed by atoms with Crippen LogP contribution in [0, 0.1) is 17.8 Å². The van der Waals surface area contributed by atoms with Gasteiger partial charge in [-0.25, -0.2) is 4.79 Å². The number of nitrogens with one attached hydrogen (secondary N) is 2. The van der Waals surface area contributed by atoms with E-state index in [9.17, 15) is 146 Å². The van der Waals surface area contributed by atoms with Gasteiger partial charge in [-0.15, -0.1) is 0 Å². The highest BCUT2D eigenvalue weighted by Crippen LogP contribution is 2.43. The van der Waals surface area contributed by atoms with Gasteiger partial charge < -0.3 is 165 Å². The molecule has 5 aromatic carbocycles. The smallest absolute Gasteiger partial charge is 0.416 e. The molecule has 0 aliphatic rings. The van der Waals surface area contributed by atoms with Crippen LogP contribution in [-0.4, -0.2) is 97.4 Å². The highest BCUT2D eigenvalue weighted by Gasteiger charge is 2.43. The zero-order valence-electron chi connectivity index (χ0n) is 75.5. The van der Waals surface area contributed by atoms with Gasteiger partial charge in [0.1, 0.15) is 49.9 Å². The van der Waals surface area contributed by atoms with Crippen LogP contribution in [0.4, 0.5) is 137 Å². The summed E-state index contributed by atoms with van der Waals surface area (Å²) in [5.41, 5.74) is 8.42. The van der Waals surface area contributed by atoms with E-state index in [0.717, 1.165) is 82.1 Å². The maximum atomic E-state index is 13.2. The number of ether oxygens (including phenoxy) is 1. The number of hydrogen-bond acceptors (Lipinski definition) is 5. The van der Waals surface area contributed by atoms with Crippen molar-refractivity contribution in [2.24, 2.45) is 23.5 Å². The van der Waals surface area contributed by atoms with Gasteiger partial charge in [0.05, 0.1) is 74.3 Å². The summed E-state index contributed by atoms with van der Waals surface area (Å²) in [7, 11) is 0. The maximum Gasteiger partial charge on any atom is 0.416 e. The SMILES string of the molecule is C.C.CC(C)CC[C@H](C)CN(Cc1cc(C(F)(F)F)cc(C(F)(F)F)c1)C(=O)OC(C)(C)C.CC(N)CC[C@H]([NH3+])CNC(=O)c1cc(C(F)(F)F)cc(C(F)(F)F)c1.CC([NH3+])CC[C@H]([NH3+])C[NH2+]Cc1cc(C(F)(F)F)cc(C(F)(F)F)c1.CC([NH3+])CC[C@H]([NH3+])C[NH2+]Cc1cc(C(F)(F)F)cc(C(F)(F)F)c1.CCCC[C@H](C)CNC(=O)c1cc(C(F)(F)F)cc(C(F)(F)F)c1.[Cl-].[Cl-].[Cl-].[Cl-].[Cl-].[Cl-].[Cl-].[Cl-]. The van der Waals surface area contributed by atoms with Gasteiger partial charge in [-0.1, -0.05) is 68.7 Å². The van der Waals surface area contributed by atoms with Crippen LogP contribution in [0.2, 0.25) is 0 Å². The average molecular weight is 2220 g/mol. The van der Waals surface area contributed by atoms with Crippen molar-refractivity contribution in [3.05, 3.63) is 174 Å². The van der Waals surface area contributed by atoms with Crippen LogP contribution in [0.5, 0.6) is 0 Å². The number of hydrogen-bond donors (Lipinski definition) is 10. The number of nitrogens with two attached hydrogens (primary N) is 3. The van der Waals surface area contributed by atoms with E-state index in [1.54, 1.807) is 38.3 Å². The predicted octanol–water partition coefficient (Wildman–Crippen LogP) is -6.07. The van der Waals surface area contributed by atoms with Crippen LogP contribution >= 0.6 is 0 Å². The van der Waals surface area contributed by atoms with Gasteiger partial charge >= 0.3 is 67.9 Å². The number of halogens is 38. The number of quaternary nitrogens is 7. The lowest BCUT2D eigenvalue weighted by Gasteiger charge is -2.30. The van der Waals surface area contributed by atoms with Crippen LogP contribution < -0.4 is 155 Å². The molecule has 23 N–H and O–H groups in total. The van der Waals surface area contributed by atoms with Crippen LogP contribution in [0.3, 0.4) is 0 Å². The number of unbranched alkanes of at least 4 members (excludes halogenated alkanes) is 1. The normalized spacial score (nSPS) is 13.6. The fourth-order valence-electron chi connectivity index (χ4n) is 11.6. The summed E-state index contributed by atoms with van der Waals surface area (Å²) in [6.45, 7) is 21.5. The molecule has 0 saturated heterocycles. The van der Waals surface area contributed by atoms with Gasteiger partial charge in [-0.3, -0.25) is 9.59 Å². The van der Waals surface area contributed by atoms with Crippen molar-refractivity contribution in [1.82, 2.24) is 15.5 Å². The predicted molar refractivity (Wildman–Crippen MR) is 426 cm³/mol. The molecular weight excluding hydrogens is 2090 g/mol. The minimum atomic E-state index is -5.00. The van der Waals surface area contributed by atoms with Crippen molar-refractivity contribution in [2.75, 3.05) is 32.7 Å². The molecule has 138 heavy (non-hydrogen) atoms. The zero-order chi connectivity index (χ0) is 99.2. The summed E-state index contributed by atoms with van der Waals surface area (Å²) in [6, 6.07) is 6.72. The quantitative estimate of drug-likeness (QED) is 0.0183. The summed E-state index contributed by atoms with van der Waals surface area (Å²) < 4.78 is 391. The molecule has 5 aromatic rings. The minimum absolute atomic E-state index is 0. The number of nitrogens with zero attached hydrogens (tertiary/aromatic N) is 1. The summed E-state index contributed by atoms with van der Waals surface area (Å²) in [5, 5.41) is 8.06. The van der Waals surface area contributed by atoms with Crippen LogP contribution in [0.25, 0.3) is 0 Å². The van der Waals surface area contributed by atoms with E-state index >= 15 is 0 Å². The van der Waals surface area contributed by atoms with Crippen LogP contribution in [0.15, 0.2) is 91.0 Å². The molecule has 3 unspecified atom stereocenters. The van der Waals surface area contributed by atoms with Gasteiger partial charge in [0.2, 0.25) is 0 Å². The van der Waals surface area contributed by atoms with E-state index in [-0.39, 0.29) is 242 Å². The van der Waals surface area contributed by atoms with Crippen molar-refractivity contribution < 1.29 is 289 Å². The third-order valence-corrected chi connectivity index (χ3v) is 18.6. The molecule has 0 saturated carbocycles. The van der Waals surface area contributed by atoms with Crippen molar-refractivity contribution in [2.45, 2.75) is 285 Å². The molecule has 812 valence electrons. The molecule has 8 atom stereocenters. The number of amides is 3. The van der Waals surface area contributed by atoms with Crippen LogP contribution in [-0.2, 0) is 86.1 Å². The second-order valence-electron chi connectivity index (χ2n) is 33.4. The van der Waals surface area contributed by atoms with Crippen molar-refractivity contribution in [3.63, 3.8) is 0 Å². The largest absolute Gasteiger partial charge is 1.00 e. The Morgan fingerprint density at radius 1 is 0.355 bits per heavy atom. The molecule has 3 amide bonds. The van der Waals surface area contributed by atoms with E-state index in [4.69, 9.17) is 10.5 Å². The molecule has 0 fully saturated rings. The third-order valence-electron chi connectivity index (χ3n) is 18.6. The monoisotopic (exact) mass is 2210 g/mol. The number of carbonyl (C=O) groups excluding carboxylic acids is 3. The first-order chi connectivity index (χ1) is 57.9. The van der Waals surface area contributed by atoms with Gasteiger partial charge in [-0.2, -0.15) is 132 Å². The summed E-state index contributed by atoms with van der Waals surface area (Å²) in [4.78, 5) is 37.7. The molecule has 0 spiro atoms. The van der Waals surface area contributed by atoms with E-state index in [0.29, 0.717) is 68.2 Å². The lowest BCUT2D eigenvalue weighted by Crippen LogP contribution is -3.00. The minimum Gasteiger partial charge on any atom is -1.00 e. The lowest BCUT2D eigenvalue weighted by molar-refractivity contribution is -0.695. The topological polar surface area (TPSA) is 285 Å². The van der Waals surface area contributed by atoms with E-state index in [1.807, 2.05) is 48.5 Å². The molecule has 5 rings (SSSR count). The van der Waals surface area contributed by atoms with Gasteiger partial charge in [0.15, 0.2) is 0 Å². The first-order valence-corrected chi connectivity index (χ1v) is 40.4. The number of rotatable bonds is 33. The Labute approximate surface area is 834 Å². The second kappa shape index (κ2) is 66.3. The summed E-state index contributed by atoms with van der Waals surface area (Å²) in [6.07, 6.45) is -40.9. The fourth-order valence-corrected chi connectivity index (χ4v) is 11.6. The van der Waals surface area contributed by atoms with Gasteiger partial charge in [0.25, 0.3) is 11.8 Å². The highest BCUT2D eigenvalue weighted by molar-refractivity contribution is 5.95. The molecule has 53 heteroatoms. The number of carbonyl (C=O) groups is 3. The Morgan fingerprint density at radius 2 is 0.616 bits per heavy atom. The Morgan fingerprint density at radius 3 is 0.862 bits per heavy atom. The third kappa shape index (κ3) is 63.4. The Bertz CT molecular complexity index is 3950. The summed E-state index contributed by atoms with van der Waals surface area (Å²) >= 11 is 0. The molecule has 0 heterocycles. The first-order valence-electron chi connectivity index (χ1n) is 40.4. The van der Waals surface area contributed by atoms with Crippen molar-refractivity contribution in [3.8, 4) is 0 Å². The number of benzene rings is 5. The second-order valence-corrected chi connectivity index (χ2v) is 33.4. The Hall–Kier alpha value is -5.79. The zero-order valence-corrected chi connectivity index (χ0v) is 81.5. The first kappa shape index (κ1) is 152. The molecular formula is C85H126Cl8F30N11O4-. The lowest BCUT2D eigenvalue weighted by atomic mass is 9.98. The Balaban J connectivity index is -0.000000183. The van der Waals surface area contributed by atoms with Gasteiger partial charge in [0, 0.05) is 80.0 Å². The highest BCUT2D eigenvalue weighted by atomic mass is 35.5.